The van der Waals surface area contributed by atoms with Crippen LogP contribution in [-0.4, -0.2) is 37.4 Å². The Morgan fingerprint density at radius 3 is 2.58 bits per heavy atom. The van der Waals surface area contributed by atoms with E-state index in [2.05, 4.69) is 5.32 Å². The first kappa shape index (κ1) is 18.7. The molecule has 1 atom stereocenters. The number of aryl methyl sites for hydroxylation is 1. The quantitative estimate of drug-likeness (QED) is 0.799. The molecule has 26 heavy (non-hydrogen) atoms. The molecular weight excluding hydrogens is 330 g/mol. The largest absolute Gasteiger partial charge is 0.469 e. The van der Waals surface area contributed by atoms with Crippen LogP contribution in [0, 0.1) is 12.3 Å². The first-order valence-corrected chi connectivity index (χ1v) is 9.17. The highest BCUT2D eigenvalue weighted by Crippen LogP contribution is 2.30. The summed E-state index contributed by atoms with van der Waals surface area (Å²) in [5.41, 5.74) is 1.85. The summed E-state index contributed by atoms with van der Waals surface area (Å²) in [6.07, 6.45) is 3.66. The van der Waals surface area contributed by atoms with Crippen LogP contribution in [0.15, 0.2) is 47.1 Å². The van der Waals surface area contributed by atoms with Crippen molar-refractivity contribution < 1.29 is 19.1 Å². The zero-order chi connectivity index (χ0) is 18.4. The van der Waals surface area contributed by atoms with Gasteiger partial charge in [0.2, 0.25) is 5.91 Å². The fourth-order valence-electron chi connectivity index (χ4n) is 3.38. The minimum Gasteiger partial charge on any atom is -0.469 e. The van der Waals surface area contributed by atoms with Gasteiger partial charge in [-0.05, 0) is 37.5 Å². The standard InChI is InChI=1S/C21H27NO4/c1-16-4-6-17(7-5-16)19(13-18-3-2-10-26-18)20(24)22-14-21(15-23)8-11-25-12-9-21/h2-7,10,19,23H,8-9,11-15H2,1H3,(H,22,24). The lowest BCUT2D eigenvalue weighted by atomic mass is 9.80. The van der Waals surface area contributed by atoms with Gasteiger partial charge in [-0.1, -0.05) is 29.8 Å². The van der Waals surface area contributed by atoms with Crippen molar-refractivity contribution in [1.82, 2.24) is 5.32 Å². The van der Waals surface area contributed by atoms with Crippen molar-refractivity contribution in [3.05, 3.63) is 59.5 Å². The number of benzene rings is 1. The molecule has 5 heteroatoms. The van der Waals surface area contributed by atoms with Crippen molar-refractivity contribution in [2.45, 2.75) is 32.1 Å². The lowest BCUT2D eigenvalue weighted by molar-refractivity contribution is -0.124. The van der Waals surface area contributed by atoms with Crippen molar-refractivity contribution in [3.8, 4) is 0 Å². The van der Waals surface area contributed by atoms with Crippen molar-refractivity contribution >= 4 is 5.91 Å². The van der Waals surface area contributed by atoms with Crippen molar-refractivity contribution in [2.75, 3.05) is 26.4 Å². The van der Waals surface area contributed by atoms with Crippen molar-refractivity contribution in [3.63, 3.8) is 0 Å². The average Bonchev–Trinajstić information content (AvgIpc) is 3.19. The molecule has 2 heterocycles. The van der Waals surface area contributed by atoms with E-state index in [9.17, 15) is 9.90 Å². The summed E-state index contributed by atoms with van der Waals surface area (Å²) in [5, 5.41) is 12.9. The van der Waals surface area contributed by atoms with Crippen molar-refractivity contribution in [2.24, 2.45) is 5.41 Å². The number of aliphatic hydroxyl groups is 1. The molecule has 2 aromatic rings. The number of hydrogen-bond acceptors (Lipinski definition) is 4. The van der Waals surface area contributed by atoms with Gasteiger partial charge in [-0.25, -0.2) is 0 Å². The Morgan fingerprint density at radius 1 is 1.23 bits per heavy atom. The van der Waals surface area contributed by atoms with Crippen molar-refractivity contribution in [1.29, 1.82) is 0 Å². The van der Waals surface area contributed by atoms with E-state index in [1.54, 1.807) is 6.26 Å². The molecule has 0 radical (unpaired) electrons. The molecule has 5 nitrogen and oxygen atoms in total. The lowest BCUT2D eigenvalue weighted by Crippen LogP contribution is -2.45. The first-order chi connectivity index (χ1) is 12.6. The van der Waals surface area contributed by atoms with Gasteiger partial charge < -0.3 is 19.6 Å². The zero-order valence-electron chi connectivity index (χ0n) is 15.2. The molecule has 3 rings (SSSR count). The van der Waals surface area contributed by atoms with Gasteiger partial charge in [-0.2, -0.15) is 0 Å². The third-order valence-electron chi connectivity index (χ3n) is 5.31. The van der Waals surface area contributed by atoms with Gasteiger partial charge in [0, 0.05) is 31.6 Å². The Hall–Kier alpha value is -2.11. The Kier molecular flexibility index (Phi) is 6.12. The van der Waals surface area contributed by atoms with Gasteiger partial charge in [0.1, 0.15) is 5.76 Å². The van der Waals surface area contributed by atoms with Crippen LogP contribution in [0.1, 0.15) is 35.6 Å². The summed E-state index contributed by atoms with van der Waals surface area (Å²) in [5.74, 6) is 0.426. The fraction of sp³-hybridized carbons (Fsp3) is 0.476. The predicted octanol–water partition coefficient (Wildman–Crippen LogP) is 2.82. The third-order valence-corrected chi connectivity index (χ3v) is 5.31. The van der Waals surface area contributed by atoms with Gasteiger partial charge >= 0.3 is 0 Å². The number of aliphatic hydroxyl groups excluding tert-OH is 1. The van der Waals surface area contributed by atoms with Gasteiger partial charge in [-0.3, -0.25) is 4.79 Å². The van der Waals surface area contributed by atoms with E-state index in [-0.39, 0.29) is 23.8 Å². The van der Waals surface area contributed by atoms with Crippen LogP contribution in [0.2, 0.25) is 0 Å². The molecule has 2 N–H and O–H groups in total. The average molecular weight is 357 g/mol. The van der Waals surface area contributed by atoms with Crippen LogP contribution < -0.4 is 5.32 Å². The number of furan rings is 1. The summed E-state index contributed by atoms with van der Waals surface area (Å²) >= 11 is 0. The second kappa shape index (κ2) is 8.52. The Bertz CT molecular complexity index is 687. The maximum atomic E-state index is 13.0. The SMILES string of the molecule is Cc1ccc(C(Cc2ccco2)C(=O)NCC2(CO)CCOCC2)cc1. The van der Waals surface area contributed by atoms with Gasteiger partial charge in [0.05, 0.1) is 18.8 Å². The number of hydrogen-bond donors (Lipinski definition) is 2. The van der Waals surface area contributed by atoms with Gasteiger partial charge in [-0.15, -0.1) is 0 Å². The highest BCUT2D eigenvalue weighted by atomic mass is 16.5. The van der Waals surface area contributed by atoms with E-state index in [1.807, 2.05) is 43.3 Å². The second-order valence-corrected chi connectivity index (χ2v) is 7.24. The molecule has 140 valence electrons. The molecule has 0 aliphatic carbocycles. The summed E-state index contributed by atoms with van der Waals surface area (Å²) < 4.78 is 10.9. The van der Waals surface area contributed by atoms with Crippen LogP contribution >= 0.6 is 0 Å². The maximum Gasteiger partial charge on any atom is 0.228 e. The zero-order valence-corrected chi connectivity index (χ0v) is 15.2. The first-order valence-electron chi connectivity index (χ1n) is 9.17. The molecule has 1 amide bonds. The molecule has 1 saturated heterocycles. The van der Waals surface area contributed by atoms with Crippen LogP contribution in [0.3, 0.4) is 0 Å². The van der Waals surface area contributed by atoms with Crippen LogP contribution in [0.25, 0.3) is 0 Å². The van der Waals surface area contributed by atoms with Crippen LogP contribution in [-0.2, 0) is 16.0 Å². The topological polar surface area (TPSA) is 71.7 Å². The Labute approximate surface area is 154 Å². The third kappa shape index (κ3) is 4.54. The number of ether oxygens (including phenoxy) is 1. The number of nitrogens with one attached hydrogen (secondary N) is 1. The monoisotopic (exact) mass is 357 g/mol. The lowest BCUT2D eigenvalue weighted by Gasteiger charge is -2.36. The number of carbonyl (C=O) groups excluding carboxylic acids is 1. The second-order valence-electron chi connectivity index (χ2n) is 7.24. The van der Waals surface area contributed by atoms with Gasteiger partial charge in [0.25, 0.3) is 0 Å². The molecule has 1 aromatic heterocycles. The minimum atomic E-state index is -0.322. The van der Waals surface area contributed by atoms with E-state index in [4.69, 9.17) is 9.15 Å². The van der Waals surface area contributed by atoms with E-state index < -0.39 is 0 Å². The molecular formula is C21H27NO4. The van der Waals surface area contributed by atoms with E-state index in [1.165, 1.54) is 0 Å². The molecule has 0 saturated carbocycles. The Morgan fingerprint density at radius 2 is 1.96 bits per heavy atom. The number of rotatable bonds is 7. The minimum absolute atomic E-state index is 0.0374. The van der Waals surface area contributed by atoms with Crippen LogP contribution in [0.5, 0.6) is 0 Å². The summed E-state index contributed by atoms with van der Waals surface area (Å²) in [7, 11) is 0. The molecule has 1 unspecified atom stereocenters. The maximum absolute atomic E-state index is 13.0. The summed E-state index contributed by atoms with van der Waals surface area (Å²) in [6.45, 7) is 3.81. The van der Waals surface area contributed by atoms with E-state index in [0.717, 1.165) is 29.7 Å². The normalized spacial score (nSPS) is 17.6. The molecule has 1 aromatic carbocycles. The highest BCUT2D eigenvalue weighted by molar-refractivity contribution is 5.84. The number of carbonyl (C=O) groups is 1. The summed E-state index contributed by atoms with van der Waals surface area (Å²) in [6, 6.07) is 11.8. The van der Waals surface area contributed by atoms with E-state index >= 15 is 0 Å². The molecule has 1 fully saturated rings. The van der Waals surface area contributed by atoms with E-state index in [0.29, 0.717) is 26.2 Å². The predicted molar refractivity (Wildman–Crippen MR) is 98.9 cm³/mol. The molecule has 0 bridgehead atoms. The fourth-order valence-corrected chi connectivity index (χ4v) is 3.38. The smallest absolute Gasteiger partial charge is 0.228 e. The summed E-state index contributed by atoms with van der Waals surface area (Å²) in [4.78, 5) is 13.0. The van der Waals surface area contributed by atoms with Crippen LogP contribution in [0.4, 0.5) is 0 Å². The highest BCUT2D eigenvalue weighted by Gasteiger charge is 2.33. The molecule has 0 spiro atoms. The van der Waals surface area contributed by atoms with Gasteiger partial charge in [0.15, 0.2) is 0 Å². The number of amides is 1. The Balaban J connectivity index is 1.72. The molecule has 1 aliphatic heterocycles. The molecule has 1 aliphatic rings.